The maximum atomic E-state index is 6.44. The Morgan fingerprint density at radius 2 is 1.93 bits per heavy atom. The normalized spacial score (nSPS) is 21.2. The second-order valence-electron chi connectivity index (χ2n) is 8.29. The van der Waals surface area contributed by atoms with E-state index in [1.807, 2.05) is 44.4 Å². The number of hydrogen-bond acceptors (Lipinski definition) is 5. The number of halogens is 1. The van der Waals surface area contributed by atoms with Crippen molar-refractivity contribution in [1.82, 2.24) is 24.6 Å². The third-order valence-corrected chi connectivity index (χ3v) is 7.02. The SMILES string of the molecule is Cc1c(Cl)cc(CN2C[C@H]3CCc4nnc(-c5ccncc5)n4[C@H]3C2)c(N)c1C. The number of fused-ring (bicyclic) bond motifs is 3. The highest BCUT2D eigenvalue weighted by Gasteiger charge is 2.39. The van der Waals surface area contributed by atoms with Gasteiger partial charge in [0.2, 0.25) is 0 Å². The molecule has 2 atom stereocenters. The molecule has 150 valence electrons. The lowest BCUT2D eigenvalue weighted by molar-refractivity contribution is 0.314. The van der Waals surface area contributed by atoms with Gasteiger partial charge in [0.05, 0.1) is 6.04 Å². The van der Waals surface area contributed by atoms with Crippen molar-refractivity contribution in [2.45, 2.75) is 39.3 Å². The number of nitrogens with zero attached hydrogens (tertiary/aromatic N) is 5. The van der Waals surface area contributed by atoms with Crippen molar-refractivity contribution in [3.63, 3.8) is 0 Å². The summed E-state index contributed by atoms with van der Waals surface area (Å²) >= 11 is 6.44. The van der Waals surface area contributed by atoms with Gasteiger partial charge in [-0.1, -0.05) is 11.6 Å². The first-order valence-corrected chi connectivity index (χ1v) is 10.5. The molecule has 0 aliphatic carbocycles. The molecule has 0 amide bonds. The number of benzene rings is 1. The number of nitrogens with two attached hydrogens (primary N) is 1. The number of aryl methyl sites for hydroxylation is 1. The van der Waals surface area contributed by atoms with Gasteiger partial charge < -0.3 is 10.3 Å². The van der Waals surface area contributed by atoms with Crippen LogP contribution in [-0.4, -0.2) is 37.7 Å². The van der Waals surface area contributed by atoms with Crippen molar-refractivity contribution in [1.29, 1.82) is 0 Å². The van der Waals surface area contributed by atoms with Crippen LogP contribution in [0.15, 0.2) is 30.6 Å². The molecule has 4 heterocycles. The van der Waals surface area contributed by atoms with E-state index in [0.29, 0.717) is 12.0 Å². The maximum Gasteiger partial charge on any atom is 0.164 e. The first-order chi connectivity index (χ1) is 14.0. The second-order valence-corrected chi connectivity index (χ2v) is 8.69. The van der Waals surface area contributed by atoms with Crippen LogP contribution in [0.3, 0.4) is 0 Å². The highest BCUT2D eigenvalue weighted by Crippen LogP contribution is 2.40. The number of rotatable bonds is 3. The molecule has 0 bridgehead atoms. The summed E-state index contributed by atoms with van der Waals surface area (Å²) in [6.45, 7) is 6.92. The van der Waals surface area contributed by atoms with Crippen molar-refractivity contribution in [2.24, 2.45) is 5.92 Å². The minimum Gasteiger partial charge on any atom is -0.398 e. The summed E-state index contributed by atoms with van der Waals surface area (Å²) in [4.78, 5) is 6.63. The van der Waals surface area contributed by atoms with Gasteiger partial charge >= 0.3 is 0 Å². The molecule has 1 saturated heterocycles. The number of pyridine rings is 1. The zero-order valence-corrected chi connectivity index (χ0v) is 17.5. The summed E-state index contributed by atoms with van der Waals surface area (Å²) in [5.74, 6) is 2.64. The molecule has 29 heavy (non-hydrogen) atoms. The molecular weight excluding hydrogens is 384 g/mol. The Hall–Kier alpha value is -2.44. The third-order valence-electron chi connectivity index (χ3n) is 6.62. The smallest absolute Gasteiger partial charge is 0.164 e. The van der Waals surface area contributed by atoms with E-state index >= 15 is 0 Å². The average molecular weight is 409 g/mol. The third kappa shape index (κ3) is 3.11. The van der Waals surface area contributed by atoms with E-state index in [4.69, 9.17) is 17.3 Å². The van der Waals surface area contributed by atoms with Gasteiger partial charge in [-0.2, -0.15) is 0 Å². The Morgan fingerprint density at radius 1 is 1.14 bits per heavy atom. The minimum absolute atomic E-state index is 0.389. The molecule has 0 unspecified atom stereocenters. The van der Waals surface area contributed by atoms with Gasteiger partial charge in [-0.05, 0) is 61.1 Å². The summed E-state index contributed by atoms with van der Waals surface area (Å²) in [7, 11) is 0. The molecule has 2 aliphatic rings. The predicted molar refractivity (Wildman–Crippen MR) is 115 cm³/mol. The molecule has 6 nitrogen and oxygen atoms in total. The monoisotopic (exact) mass is 408 g/mol. The standard InChI is InChI=1S/C22H25ClN6/c1-13-14(2)21(24)17(9-18(13)23)11-28-10-16-3-4-20-26-27-22(29(20)19(16)12-28)15-5-7-25-8-6-15/h5-9,16,19H,3-4,10-12,24H2,1-2H3/t16-,19+/m1/s1. The molecule has 3 aromatic rings. The highest BCUT2D eigenvalue weighted by molar-refractivity contribution is 6.31. The summed E-state index contributed by atoms with van der Waals surface area (Å²) in [5, 5.41) is 9.80. The quantitative estimate of drug-likeness (QED) is 0.667. The van der Waals surface area contributed by atoms with Crippen LogP contribution in [0.4, 0.5) is 5.69 Å². The largest absolute Gasteiger partial charge is 0.398 e. The molecule has 2 N–H and O–H groups in total. The van der Waals surface area contributed by atoms with Crippen molar-refractivity contribution in [3.05, 3.63) is 58.1 Å². The van der Waals surface area contributed by atoms with Crippen molar-refractivity contribution in [2.75, 3.05) is 18.8 Å². The van der Waals surface area contributed by atoms with E-state index < -0.39 is 0 Å². The van der Waals surface area contributed by atoms with Crippen molar-refractivity contribution < 1.29 is 0 Å². The van der Waals surface area contributed by atoms with E-state index in [9.17, 15) is 0 Å². The van der Waals surface area contributed by atoms with Crippen LogP contribution in [0, 0.1) is 19.8 Å². The summed E-state index contributed by atoms with van der Waals surface area (Å²) in [6, 6.07) is 6.44. The number of aromatic nitrogens is 4. The first-order valence-electron chi connectivity index (χ1n) is 10.1. The van der Waals surface area contributed by atoms with Gasteiger partial charge in [-0.3, -0.25) is 9.88 Å². The van der Waals surface area contributed by atoms with Crippen LogP contribution in [0.1, 0.15) is 35.0 Å². The average Bonchev–Trinajstić information content (AvgIpc) is 3.34. The van der Waals surface area contributed by atoms with E-state index in [2.05, 4.69) is 24.6 Å². The molecule has 2 aliphatic heterocycles. The van der Waals surface area contributed by atoms with Gasteiger partial charge in [0.15, 0.2) is 5.82 Å². The summed E-state index contributed by atoms with van der Waals surface area (Å²) in [5.41, 5.74) is 11.6. The van der Waals surface area contributed by atoms with Gasteiger partial charge in [-0.15, -0.1) is 10.2 Å². The molecule has 2 aromatic heterocycles. The van der Waals surface area contributed by atoms with E-state index in [-0.39, 0.29) is 0 Å². The lowest BCUT2D eigenvalue weighted by atomic mass is 9.93. The molecule has 1 fully saturated rings. The number of nitrogen functional groups attached to an aromatic ring is 1. The second kappa shape index (κ2) is 7.11. The van der Waals surface area contributed by atoms with Crippen LogP contribution in [0.25, 0.3) is 11.4 Å². The Morgan fingerprint density at radius 3 is 2.72 bits per heavy atom. The minimum atomic E-state index is 0.389. The van der Waals surface area contributed by atoms with Crippen LogP contribution >= 0.6 is 11.6 Å². The highest BCUT2D eigenvalue weighted by atomic mass is 35.5. The van der Waals surface area contributed by atoms with Crippen LogP contribution in [-0.2, 0) is 13.0 Å². The number of anilines is 1. The molecule has 5 rings (SSSR count). The predicted octanol–water partition coefficient (Wildman–Crippen LogP) is 3.81. The maximum absolute atomic E-state index is 6.44. The van der Waals surface area contributed by atoms with Gasteiger partial charge in [0.1, 0.15) is 5.82 Å². The number of hydrogen-bond donors (Lipinski definition) is 1. The molecule has 0 saturated carbocycles. The van der Waals surface area contributed by atoms with Crippen molar-refractivity contribution in [3.8, 4) is 11.4 Å². The molecule has 0 radical (unpaired) electrons. The lowest BCUT2D eigenvalue weighted by Gasteiger charge is -2.27. The van der Waals surface area contributed by atoms with E-state index in [1.165, 1.54) is 0 Å². The van der Waals surface area contributed by atoms with Gasteiger partial charge in [0.25, 0.3) is 0 Å². The Bertz CT molecular complexity index is 1060. The Labute approximate surface area is 175 Å². The molecular formula is C22H25ClN6. The molecule has 0 spiro atoms. The fourth-order valence-electron chi connectivity index (χ4n) is 4.83. The lowest BCUT2D eigenvalue weighted by Crippen LogP contribution is -2.26. The zero-order valence-electron chi connectivity index (χ0n) is 16.8. The molecule has 7 heteroatoms. The fraction of sp³-hybridized carbons (Fsp3) is 0.409. The molecule has 1 aromatic carbocycles. The van der Waals surface area contributed by atoms with E-state index in [0.717, 1.165) is 77.1 Å². The van der Waals surface area contributed by atoms with Crippen LogP contribution < -0.4 is 5.73 Å². The summed E-state index contributed by atoms with van der Waals surface area (Å²) < 4.78 is 2.36. The number of likely N-dealkylation sites (tertiary alicyclic amines) is 1. The van der Waals surface area contributed by atoms with Crippen LogP contribution in [0.2, 0.25) is 5.02 Å². The van der Waals surface area contributed by atoms with Gasteiger partial charge in [0, 0.05) is 54.7 Å². The fourth-order valence-corrected chi connectivity index (χ4v) is 5.11. The van der Waals surface area contributed by atoms with E-state index in [1.54, 1.807) is 0 Å². The van der Waals surface area contributed by atoms with Crippen molar-refractivity contribution >= 4 is 17.3 Å². The Kier molecular flexibility index (Phi) is 4.56. The zero-order chi connectivity index (χ0) is 20.1. The van der Waals surface area contributed by atoms with Crippen LogP contribution in [0.5, 0.6) is 0 Å². The topological polar surface area (TPSA) is 72.9 Å². The first kappa shape index (κ1) is 18.6. The summed E-state index contributed by atoms with van der Waals surface area (Å²) in [6.07, 6.45) is 5.75. The Balaban J connectivity index is 1.43. The van der Waals surface area contributed by atoms with Gasteiger partial charge in [-0.25, -0.2) is 0 Å².